The molecule has 0 nitrogen and oxygen atoms in total. The molecular weight excluding hydrogens is 764 g/mol. The minimum Gasteiger partial charge on any atom is -0.418 e. The molecule has 9 heteroatoms. The maximum Gasteiger partial charge on any atom is 0.673 e. The van der Waals surface area contributed by atoms with Crippen LogP contribution >= 0.6 is 15.8 Å². The predicted molar refractivity (Wildman–Crippen MR) is 198 cm³/mol. The molecule has 5 rings (SSSR count). The molecule has 4 fully saturated rings. The fraction of sp³-hybridized carbons (Fsp3) is 0.895. The summed E-state index contributed by atoms with van der Waals surface area (Å²) in [6.07, 6.45) is 32.6. The third-order valence-corrected chi connectivity index (χ3v) is 20.2. The standard InChI is InChI=1S/2C15H29P.C8H12.BF4.Fe.Rh/c2*1-11(2)14-9-10-15(12(3)4)16(14)13-7-5-6-8-13;1-2-4-6-8-7-5-3-1;2-1(3,4)5;;/h2*11-15H,5-10H2,1-4H3;1-2,7-8H,3-6H2;;;/q;;;-1;;/b;;2-1-,8-7-;;;. The topological polar surface area (TPSA) is 0 Å². The first-order chi connectivity index (χ1) is 21.2. The summed E-state index contributed by atoms with van der Waals surface area (Å²) in [5, 5.41) is 0. The Morgan fingerprint density at radius 1 is 0.447 bits per heavy atom. The molecule has 0 spiro atoms. The van der Waals surface area contributed by atoms with Crippen LogP contribution in [0.25, 0.3) is 0 Å². The van der Waals surface area contributed by atoms with Crippen molar-refractivity contribution in [3.63, 3.8) is 0 Å². The van der Waals surface area contributed by atoms with Crippen LogP contribution in [0, 0.1) is 23.7 Å². The normalized spacial score (nSPS) is 31.1. The van der Waals surface area contributed by atoms with Gasteiger partial charge < -0.3 is 17.3 Å². The molecule has 4 unspecified atom stereocenters. The van der Waals surface area contributed by atoms with Crippen molar-refractivity contribution in [1.29, 1.82) is 0 Å². The molecule has 47 heavy (non-hydrogen) atoms. The van der Waals surface area contributed by atoms with E-state index >= 15 is 0 Å². The zero-order chi connectivity index (χ0) is 33.6. The SMILES string of the molecule is C1=C\CC/C=C\CC/1.CC(C)C1CCC(C(C)C)P1C1CCCC1.CC(C)C1CCC(C(C)C)P1C1CCCC1.F[B-](F)(F)F.[Fe].[Rh]. The minimum absolute atomic E-state index is 0. The Balaban J connectivity index is 0.000000643. The van der Waals surface area contributed by atoms with Crippen molar-refractivity contribution >= 4 is 23.1 Å². The molecule has 2 heterocycles. The first kappa shape index (κ1) is 48.3. The second kappa shape index (κ2) is 25.3. The van der Waals surface area contributed by atoms with E-state index in [0.29, 0.717) is 15.8 Å². The van der Waals surface area contributed by atoms with Gasteiger partial charge in [0.05, 0.1) is 0 Å². The van der Waals surface area contributed by atoms with Crippen molar-refractivity contribution in [1.82, 2.24) is 0 Å². The molecule has 0 aromatic carbocycles. The Labute approximate surface area is 315 Å². The van der Waals surface area contributed by atoms with Gasteiger partial charge in [0.25, 0.3) is 0 Å². The van der Waals surface area contributed by atoms with E-state index in [1.54, 1.807) is 51.4 Å². The third kappa shape index (κ3) is 18.0. The number of hydrogen-bond donors (Lipinski definition) is 0. The van der Waals surface area contributed by atoms with Crippen molar-refractivity contribution in [2.45, 2.75) is 192 Å². The molecular formula is C38H70BF4FeP2Rh-. The molecule has 5 aliphatic rings. The van der Waals surface area contributed by atoms with Gasteiger partial charge in [-0.05, 0) is 135 Å². The molecule has 2 aliphatic heterocycles. The number of hydrogen-bond acceptors (Lipinski definition) is 0. The quantitative estimate of drug-likeness (QED) is 0.108. The second-order valence-electron chi connectivity index (χ2n) is 15.8. The van der Waals surface area contributed by atoms with Gasteiger partial charge in [0.2, 0.25) is 0 Å². The molecule has 3 aliphatic carbocycles. The predicted octanol–water partition coefficient (Wildman–Crippen LogP) is 14.5. The van der Waals surface area contributed by atoms with Crippen molar-refractivity contribution < 1.29 is 53.8 Å². The summed E-state index contributed by atoms with van der Waals surface area (Å²) in [6, 6.07) is 0. The van der Waals surface area contributed by atoms with E-state index in [1.165, 1.54) is 51.4 Å². The van der Waals surface area contributed by atoms with Crippen LogP contribution in [0.2, 0.25) is 0 Å². The van der Waals surface area contributed by atoms with E-state index < -0.39 is 7.25 Å². The summed E-state index contributed by atoms with van der Waals surface area (Å²) < 4.78 is 39.0. The smallest absolute Gasteiger partial charge is 0.418 e. The zero-order valence-electron chi connectivity index (χ0n) is 31.1. The van der Waals surface area contributed by atoms with Gasteiger partial charge in [0.1, 0.15) is 0 Å². The van der Waals surface area contributed by atoms with Gasteiger partial charge in [-0.15, -0.1) is 0 Å². The fourth-order valence-corrected chi connectivity index (χ4v) is 18.4. The fourth-order valence-electron chi connectivity index (χ4n) is 8.83. The molecule has 4 atom stereocenters. The summed E-state index contributed by atoms with van der Waals surface area (Å²) in [7, 11) is -5.30. The Kier molecular flexibility index (Phi) is 26.0. The molecule has 0 aromatic heterocycles. The van der Waals surface area contributed by atoms with Crippen LogP contribution in [0.15, 0.2) is 24.3 Å². The van der Waals surface area contributed by atoms with Crippen LogP contribution in [-0.2, 0) is 36.5 Å². The van der Waals surface area contributed by atoms with Crippen molar-refractivity contribution in [2.24, 2.45) is 23.7 Å². The number of rotatable bonds is 6. The van der Waals surface area contributed by atoms with Crippen molar-refractivity contribution in [3.05, 3.63) is 24.3 Å². The Hall–Kier alpha value is 1.27. The second-order valence-corrected chi connectivity index (χ2v) is 21.7. The van der Waals surface area contributed by atoms with Crippen molar-refractivity contribution in [2.75, 3.05) is 0 Å². The summed E-state index contributed by atoms with van der Waals surface area (Å²) in [6.45, 7) is 19.8. The molecule has 2 saturated carbocycles. The average molecular weight is 834 g/mol. The molecule has 0 N–H and O–H groups in total. The number of halogens is 4. The maximum atomic E-state index is 9.75. The van der Waals surface area contributed by atoms with E-state index in [4.69, 9.17) is 0 Å². The maximum absolute atomic E-state index is 9.75. The summed E-state index contributed by atoms with van der Waals surface area (Å²) >= 11 is 0. The Morgan fingerprint density at radius 2 is 0.638 bits per heavy atom. The van der Waals surface area contributed by atoms with Crippen LogP contribution in [0.3, 0.4) is 0 Å². The van der Waals surface area contributed by atoms with E-state index in [2.05, 4.69) is 79.7 Å². The molecule has 281 valence electrons. The van der Waals surface area contributed by atoms with E-state index in [1.807, 2.05) is 0 Å². The monoisotopic (exact) mass is 834 g/mol. The summed E-state index contributed by atoms with van der Waals surface area (Å²) in [4.78, 5) is 0. The first-order valence-corrected chi connectivity index (χ1v) is 22.0. The Morgan fingerprint density at radius 3 is 0.809 bits per heavy atom. The van der Waals surface area contributed by atoms with Crippen LogP contribution in [-0.4, -0.2) is 41.2 Å². The average Bonchev–Trinajstić information content (AvgIpc) is 3.73. The molecule has 2 saturated heterocycles. The molecule has 0 amide bonds. The molecule has 0 bridgehead atoms. The van der Waals surface area contributed by atoms with Crippen LogP contribution in [0.1, 0.15) is 158 Å². The van der Waals surface area contributed by atoms with Gasteiger partial charge in [0, 0.05) is 36.5 Å². The summed E-state index contributed by atoms with van der Waals surface area (Å²) in [5.41, 5.74) is 6.71. The van der Waals surface area contributed by atoms with Gasteiger partial charge in [-0.3, -0.25) is 0 Å². The van der Waals surface area contributed by atoms with Gasteiger partial charge in [0.15, 0.2) is 0 Å². The first-order valence-electron chi connectivity index (χ1n) is 18.9. The van der Waals surface area contributed by atoms with E-state index in [-0.39, 0.29) is 36.5 Å². The third-order valence-electron chi connectivity index (χ3n) is 11.0. The largest absolute Gasteiger partial charge is 0.673 e. The van der Waals surface area contributed by atoms with Crippen LogP contribution in [0.5, 0.6) is 0 Å². The summed E-state index contributed by atoms with van der Waals surface area (Å²) in [5.74, 6) is 3.76. The minimum atomic E-state index is -6.00. The van der Waals surface area contributed by atoms with E-state index in [0.717, 1.165) is 57.6 Å². The van der Waals surface area contributed by atoms with Gasteiger partial charge >= 0.3 is 7.25 Å². The van der Waals surface area contributed by atoms with Gasteiger partial charge in [-0.1, -0.05) is 121 Å². The number of allylic oxidation sites excluding steroid dienone is 4. The van der Waals surface area contributed by atoms with Crippen LogP contribution < -0.4 is 0 Å². The molecule has 1 radical (unpaired) electrons. The van der Waals surface area contributed by atoms with Gasteiger partial charge in [-0.25, -0.2) is 0 Å². The Bertz CT molecular complexity index is 730. The molecule has 0 aromatic rings. The zero-order valence-corrected chi connectivity index (χ0v) is 35.6. The van der Waals surface area contributed by atoms with E-state index in [9.17, 15) is 17.3 Å². The van der Waals surface area contributed by atoms with Crippen LogP contribution in [0.4, 0.5) is 17.3 Å². The van der Waals surface area contributed by atoms with Crippen molar-refractivity contribution in [3.8, 4) is 0 Å². The van der Waals surface area contributed by atoms with Gasteiger partial charge in [-0.2, -0.15) is 0 Å².